The molecule has 1 aromatic rings. The standard InChI is InChI=1S/C9H8BrNO3S/c1-11-9(12)8-4-7(10)3-2-6(8)5-15(11,13)14/h2-4H,5H2,1H3. The molecule has 0 atom stereocenters. The van der Waals surface area contributed by atoms with Crippen molar-refractivity contribution in [3.05, 3.63) is 33.8 Å². The van der Waals surface area contributed by atoms with Crippen LogP contribution in [0.3, 0.4) is 0 Å². The third-order valence-corrected chi connectivity index (χ3v) is 4.51. The first-order valence-corrected chi connectivity index (χ1v) is 6.61. The fourth-order valence-corrected chi connectivity index (χ4v) is 3.01. The van der Waals surface area contributed by atoms with Crippen molar-refractivity contribution in [2.75, 3.05) is 7.05 Å². The molecule has 1 amide bonds. The lowest BCUT2D eigenvalue weighted by molar-refractivity contribution is 0.0878. The van der Waals surface area contributed by atoms with Gasteiger partial charge in [-0.05, 0) is 17.7 Å². The number of sulfonamides is 1. The summed E-state index contributed by atoms with van der Waals surface area (Å²) in [4.78, 5) is 11.7. The Balaban J connectivity index is 2.66. The maximum Gasteiger partial charge on any atom is 0.267 e. The van der Waals surface area contributed by atoms with Crippen LogP contribution in [0.15, 0.2) is 22.7 Å². The summed E-state index contributed by atoms with van der Waals surface area (Å²) in [5.74, 6) is -0.588. The lowest BCUT2D eigenvalue weighted by Crippen LogP contribution is -2.38. The Bertz CT molecular complexity index is 538. The van der Waals surface area contributed by atoms with Gasteiger partial charge in [-0.15, -0.1) is 0 Å². The molecule has 0 radical (unpaired) electrons. The van der Waals surface area contributed by atoms with Crippen LogP contribution in [0.5, 0.6) is 0 Å². The summed E-state index contributed by atoms with van der Waals surface area (Å²) >= 11 is 3.25. The number of hydrogen-bond donors (Lipinski definition) is 0. The van der Waals surface area contributed by atoms with Gasteiger partial charge in [-0.1, -0.05) is 22.0 Å². The van der Waals surface area contributed by atoms with Crippen molar-refractivity contribution in [2.24, 2.45) is 0 Å². The molecule has 0 aliphatic carbocycles. The first-order chi connectivity index (χ1) is 6.92. The van der Waals surface area contributed by atoms with Crippen molar-refractivity contribution < 1.29 is 13.2 Å². The SMILES string of the molecule is CN1C(=O)c2cc(Br)ccc2CS1(=O)=O. The number of benzene rings is 1. The van der Waals surface area contributed by atoms with Gasteiger partial charge in [0.15, 0.2) is 0 Å². The highest BCUT2D eigenvalue weighted by Gasteiger charge is 2.32. The summed E-state index contributed by atoms with van der Waals surface area (Å²) in [5.41, 5.74) is 1.00. The Labute approximate surface area is 96.1 Å². The fraction of sp³-hybridized carbons (Fsp3) is 0.222. The van der Waals surface area contributed by atoms with E-state index in [-0.39, 0.29) is 5.75 Å². The van der Waals surface area contributed by atoms with E-state index in [9.17, 15) is 13.2 Å². The molecule has 0 bridgehead atoms. The lowest BCUT2D eigenvalue weighted by Gasteiger charge is -2.24. The molecule has 0 saturated heterocycles. The number of amides is 1. The van der Waals surface area contributed by atoms with Gasteiger partial charge in [0.05, 0.1) is 5.75 Å². The molecule has 80 valence electrons. The second-order valence-electron chi connectivity index (χ2n) is 3.33. The normalized spacial score (nSPS) is 18.8. The van der Waals surface area contributed by atoms with Gasteiger partial charge in [-0.3, -0.25) is 4.79 Å². The molecule has 15 heavy (non-hydrogen) atoms. The van der Waals surface area contributed by atoms with Gasteiger partial charge < -0.3 is 0 Å². The highest BCUT2D eigenvalue weighted by Crippen LogP contribution is 2.25. The average molecular weight is 290 g/mol. The highest BCUT2D eigenvalue weighted by molar-refractivity contribution is 9.10. The molecule has 2 rings (SSSR count). The number of fused-ring (bicyclic) bond motifs is 1. The number of carbonyl (C=O) groups is 1. The van der Waals surface area contributed by atoms with E-state index in [1.807, 2.05) is 0 Å². The summed E-state index contributed by atoms with van der Waals surface area (Å²) in [6.45, 7) is 0. The molecule has 6 heteroatoms. The number of rotatable bonds is 0. The van der Waals surface area contributed by atoms with Crippen LogP contribution in [0.25, 0.3) is 0 Å². The summed E-state index contributed by atoms with van der Waals surface area (Å²) in [5, 5.41) is 0. The van der Waals surface area contributed by atoms with Crippen molar-refractivity contribution in [2.45, 2.75) is 5.75 Å². The van der Waals surface area contributed by atoms with Gasteiger partial charge in [0.25, 0.3) is 5.91 Å². The molecular weight excluding hydrogens is 282 g/mol. The number of hydrogen-bond acceptors (Lipinski definition) is 3. The van der Waals surface area contributed by atoms with Crippen molar-refractivity contribution in [3.63, 3.8) is 0 Å². The van der Waals surface area contributed by atoms with Gasteiger partial charge >= 0.3 is 0 Å². The summed E-state index contributed by atoms with van der Waals surface area (Å²) in [7, 11) is -2.19. The molecule has 1 aromatic carbocycles. The van der Waals surface area contributed by atoms with E-state index in [2.05, 4.69) is 15.9 Å². The maximum atomic E-state index is 11.7. The third kappa shape index (κ3) is 1.68. The molecule has 0 spiro atoms. The van der Waals surface area contributed by atoms with Crippen LogP contribution in [-0.2, 0) is 15.8 Å². The van der Waals surface area contributed by atoms with Gasteiger partial charge in [-0.2, -0.15) is 0 Å². The Morgan fingerprint density at radius 3 is 2.73 bits per heavy atom. The molecule has 1 heterocycles. The molecule has 0 saturated carbocycles. The number of halogens is 1. The smallest absolute Gasteiger partial charge is 0.267 e. The van der Waals surface area contributed by atoms with E-state index < -0.39 is 15.9 Å². The molecular formula is C9H8BrNO3S. The van der Waals surface area contributed by atoms with Crippen LogP contribution in [0.1, 0.15) is 15.9 Å². The molecule has 1 aliphatic rings. The minimum Gasteiger partial charge on any atom is -0.268 e. The van der Waals surface area contributed by atoms with Crippen LogP contribution in [0.2, 0.25) is 0 Å². The zero-order chi connectivity index (χ0) is 11.2. The monoisotopic (exact) mass is 289 g/mol. The van der Waals surface area contributed by atoms with Gasteiger partial charge in [-0.25, -0.2) is 12.7 Å². The number of carbonyl (C=O) groups excluding carboxylic acids is 1. The van der Waals surface area contributed by atoms with Crippen LogP contribution < -0.4 is 0 Å². The molecule has 0 N–H and O–H groups in total. The quantitative estimate of drug-likeness (QED) is 0.725. The second-order valence-corrected chi connectivity index (χ2v) is 6.25. The van der Waals surface area contributed by atoms with Crippen molar-refractivity contribution >= 4 is 31.9 Å². The van der Waals surface area contributed by atoms with Crippen LogP contribution in [0, 0.1) is 0 Å². The van der Waals surface area contributed by atoms with Gasteiger partial charge in [0.2, 0.25) is 10.0 Å². The van der Waals surface area contributed by atoms with E-state index in [0.29, 0.717) is 11.1 Å². The maximum absolute atomic E-state index is 11.7. The highest BCUT2D eigenvalue weighted by atomic mass is 79.9. The van der Waals surface area contributed by atoms with E-state index >= 15 is 0 Å². The van der Waals surface area contributed by atoms with Crippen molar-refractivity contribution in [1.29, 1.82) is 0 Å². The Hall–Kier alpha value is -0.880. The Morgan fingerprint density at radius 1 is 1.40 bits per heavy atom. The molecule has 0 unspecified atom stereocenters. The molecule has 1 aliphatic heterocycles. The largest absolute Gasteiger partial charge is 0.268 e. The van der Waals surface area contributed by atoms with Crippen molar-refractivity contribution in [3.8, 4) is 0 Å². The molecule has 0 fully saturated rings. The average Bonchev–Trinajstić information content (AvgIpc) is 2.16. The summed E-state index contributed by atoms with van der Waals surface area (Å²) < 4.78 is 24.6. The van der Waals surface area contributed by atoms with E-state index in [1.54, 1.807) is 18.2 Å². The predicted molar refractivity (Wildman–Crippen MR) is 58.9 cm³/mol. The van der Waals surface area contributed by atoms with Gasteiger partial charge in [0, 0.05) is 17.1 Å². The fourth-order valence-electron chi connectivity index (χ4n) is 1.46. The molecule has 0 aromatic heterocycles. The van der Waals surface area contributed by atoms with Crippen LogP contribution in [0.4, 0.5) is 0 Å². The first kappa shape index (κ1) is 10.6. The third-order valence-electron chi connectivity index (χ3n) is 2.34. The minimum atomic E-state index is -3.47. The van der Waals surface area contributed by atoms with Gasteiger partial charge in [0.1, 0.15) is 0 Å². The predicted octanol–water partition coefficient (Wildman–Crippen LogP) is 1.36. The zero-order valence-corrected chi connectivity index (χ0v) is 10.3. The topological polar surface area (TPSA) is 54.5 Å². The number of nitrogens with zero attached hydrogens (tertiary/aromatic N) is 1. The molecule has 4 nitrogen and oxygen atoms in total. The minimum absolute atomic E-state index is 0.113. The Morgan fingerprint density at radius 2 is 2.07 bits per heavy atom. The van der Waals surface area contributed by atoms with Crippen LogP contribution in [-0.4, -0.2) is 25.7 Å². The Kier molecular flexibility index (Phi) is 2.35. The van der Waals surface area contributed by atoms with Crippen molar-refractivity contribution in [1.82, 2.24) is 4.31 Å². The zero-order valence-electron chi connectivity index (χ0n) is 7.90. The van der Waals surface area contributed by atoms with E-state index in [1.165, 1.54) is 7.05 Å². The van der Waals surface area contributed by atoms with Crippen LogP contribution >= 0.6 is 15.9 Å². The summed E-state index contributed by atoms with van der Waals surface area (Å²) in [6, 6.07) is 5.03. The second kappa shape index (κ2) is 3.31. The first-order valence-electron chi connectivity index (χ1n) is 4.21. The van der Waals surface area contributed by atoms with E-state index in [4.69, 9.17) is 0 Å². The summed E-state index contributed by atoms with van der Waals surface area (Å²) in [6.07, 6.45) is 0. The lowest BCUT2D eigenvalue weighted by atomic mass is 10.1. The van der Waals surface area contributed by atoms with E-state index in [0.717, 1.165) is 8.78 Å².